The van der Waals surface area contributed by atoms with E-state index in [-0.39, 0.29) is 11.7 Å². The highest BCUT2D eigenvalue weighted by atomic mass is 32.1. The Kier molecular flexibility index (Phi) is 3.17. The number of thiazole rings is 1. The van der Waals surface area contributed by atoms with Gasteiger partial charge in [0.2, 0.25) is 0 Å². The van der Waals surface area contributed by atoms with E-state index in [4.69, 9.17) is 0 Å². The minimum absolute atomic E-state index is 0.0343. The molecule has 3 nitrogen and oxygen atoms in total. The van der Waals surface area contributed by atoms with Gasteiger partial charge in [0, 0.05) is 11.3 Å². The first-order chi connectivity index (χ1) is 6.02. The molecular formula is C9H13NO2S. The quantitative estimate of drug-likeness (QED) is 0.758. The van der Waals surface area contributed by atoms with Crippen LogP contribution >= 0.6 is 11.3 Å². The lowest BCUT2D eigenvalue weighted by atomic mass is 10.1. The Bertz CT molecular complexity index is 304. The molecule has 4 heteroatoms. The first kappa shape index (κ1) is 10.3. The van der Waals surface area contributed by atoms with Crippen LogP contribution in [0.1, 0.15) is 42.4 Å². The van der Waals surface area contributed by atoms with Gasteiger partial charge in [0.05, 0.1) is 11.8 Å². The Labute approximate surface area is 81.4 Å². The number of aliphatic hydroxyl groups excluding tert-OH is 1. The number of hydrogen-bond donors (Lipinski definition) is 1. The summed E-state index contributed by atoms with van der Waals surface area (Å²) < 4.78 is 0. The smallest absolute Gasteiger partial charge is 0.193 e. The first-order valence-corrected chi connectivity index (χ1v) is 5.08. The van der Waals surface area contributed by atoms with Crippen LogP contribution in [0.25, 0.3) is 0 Å². The average molecular weight is 199 g/mol. The van der Waals surface area contributed by atoms with E-state index in [0.29, 0.717) is 10.7 Å². The van der Waals surface area contributed by atoms with Crippen molar-refractivity contribution in [2.75, 3.05) is 0 Å². The maximum absolute atomic E-state index is 11.4. The molecule has 0 aliphatic rings. The van der Waals surface area contributed by atoms with Crippen LogP contribution in [0.3, 0.4) is 0 Å². The first-order valence-electron chi connectivity index (χ1n) is 4.20. The third-order valence-electron chi connectivity index (χ3n) is 1.69. The topological polar surface area (TPSA) is 50.2 Å². The molecule has 1 aromatic rings. The molecule has 0 radical (unpaired) electrons. The number of aliphatic hydroxyl groups is 1. The SMILES string of the molecule is CC(C)C(=O)c1nc(C(C)O)cs1. The molecule has 1 N–H and O–H groups in total. The fourth-order valence-electron chi connectivity index (χ4n) is 0.838. The highest BCUT2D eigenvalue weighted by Gasteiger charge is 2.15. The van der Waals surface area contributed by atoms with Crippen LogP contribution in [0, 0.1) is 5.92 Å². The molecule has 0 bridgehead atoms. The minimum atomic E-state index is -0.593. The van der Waals surface area contributed by atoms with Gasteiger partial charge in [-0.25, -0.2) is 4.98 Å². The summed E-state index contributed by atoms with van der Waals surface area (Å²) in [5.41, 5.74) is 0.578. The second-order valence-electron chi connectivity index (χ2n) is 3.27. The molecule has 72 valence electrons. The van der Waals surface area contributed by atoms with Crippen molar-refractivity contribution in [1.29, 1.82) is 0 Å². The van der Waals surface area contributed by atoms with Crippen LogP contribution in [-0.4, -0.2) is 15.9 Å². The molecule has 0 saturated heterocycles. The Morgan fingerprint density at radius 3 is 2.54 bits per heavy atom. The number of nitrogens with zero attached hydrogens (tertiary/aromatic N) is 1. The lowest BCUT2D eigenvalue weighted by molar-refractivity contribution is 0.0938. The fraction of sp³-hybridized carbons (Fsp3) is 0.556. The number of rotatable bonds is 3. The van der Waals surface area contributed by atoms with E-state index in [1.165, 1.54) is 11.3 Å². The molecule has 1 rings (SSSR count). The maximum atomic E-state index is 11.4. The summed E-state index contributed by atoms with van der Waals surface area (Å²) in [7, 11) is 0. The van der Waals surface area contributed by atoms with E-state index >= 15 is 0 Å². The van der Waals surface area contributed by atoms with Crippen LogP contribution in [0.4, 0.5) is 0 Å². The summed E-state index contributed by atoms with van der Waals surface area (Å²) in [5, 5.41) is 11.4. The molecule has 13 heavy (non-hydrogen) atoms. The predicted molar refractivity (Wildman–Crippen MR) is 51.9 cm³/mol. The number of hydrogen-bond acceptors (Lipinski definition) is 4. The molecular weight excluding hydrogens is 186 g/mol. The Morgan fingerprint density at radius 2 is 2.15 bits per heavy atom. The van der Waals surface area contributed by atoms with Crippen LogP contribution in [0.5, 0.6) is 0 Å². The van der Waals surface area contributed by atoms with E-state index in [9.17, 15) is 9.90 Å². The van der Waals surface area contributed by atoms with Crippen LogP contribution < -0.4 is 0 Å². The molecule has 1 atom stereocenters. The van der Waals surface area contributed by atoms with Gasteiger partial charge in [0.25, 0.3) is 0 Å². The van der Waals surface area contributed by atoms with E-state index in [1.54, 1.807) is 12.3 Å². The molecule has 0 saturated carbocycles. The number of aromatic nitrogens is 1. The predicted octanol–water partition coefficient (Wildman–Crippen LogP) is 2.04. The van der Waals surface area contributed by atoms with Gasteiger partial charge in [-0.1, -0.05) is 13.8 Å². The van der Waals surface area contributed by atoms with Gasteiger partial charge in [-0.15, -0.1) is 11.3 Å². The van der Waals surface area contributed by atoms with Crippen LogP contribution in [0.15, 0.2) is 5.38 Å². The third-order valence-corrected chi connectivity index (χ3v) is 2.56. The van der Waals surface area contributed by atoms with Crippen LogP contribution in [0.2, 0.25) is 0 Å². The Balaban J connectivity index is 2.86. The van der Waals surface area contributed by atoms with Gasteiger partial charge in [-0.05, 0) is 6.92 Å². The molecule has 1 heterocycles. The molecule has 0 aromatic carbocycles. The normalized spacial score (nSPS) is 13.3. The van der Waals surface area contributed by atoms with Gasteiger partial charge in [0.1, 0.15) is 0 Å². The minimum Gasteiger partial charge on any atom is -0.387 e. The lowest BCUT2D eigenvalue weighted by Crippen LogP contribution is -2.07. The van der Waals surface area contributed by atoms with Gasteiger partial charge < -0.3 is 5.11 Å². The molecule has 1 unspecified atom stereocenters. The van der Waals surface area contributed by atoms with E-state index in [1.807, 2.05) is 13.8 Å². The van der Waals surface area contributed by atoms with Crippen molar-refractivity contribution in [3.63, 3.8) is 0 Å². The second kappa shape index (κ2) is 3.98. The van der Waals surface area contributed by atoms with Gasteiger partial charge in [-0.3, -0.25) is 4.79 Å². The van der Waals surface area contributed by atoms with Crippen molar-refractivity contribution in [2.24, 2.45) is 5.92 Å². The zero-order valence-corrected chi connectivity index (χ0v) is 8.76. The van der Waals surface area contributed by atoms with Crippen molar-refractivity contribution in [3.8, 4) is 0 Å². The Hall–Kier alpha value is -0.740. The zero-order chi connectivity index (χ0) is 10.0. The molecule has 1 aromatic heterocycles. The van der Waals surface area contributed by atoms with Gasteiger partial charge >= 0.3 is 0 Å². The van der Waals surface area contributed by atoms with E-state index in [2.05, 4.69) is 4.98 Å². The van der Waals surface area contributed by atoms with Crippen molar-refractivity contribution >= 4 is 17.1 Å². The zero-order valence-electron chi connectivity index (χ0n) is 7.94. The van der Waals surface area contributed by atoms with Gasteiger partial charge in [0.15, 0.2) is 10.8 Å². The lowest BCUT2D eigenvalue weighted by Gasteiger charge is -1.99. The van der Waals surface area contributed by atoms with Crippen molar-refractivity contribution in [3.05, 3.63) is 16.1 Å². The standard InChI is InChI=1S/C9H13NO2S/c1-5(2)8(12)9-10-7(4-13-9)6(3)11/h4-6,11H,1-3H3. The molecule has 0 fully saturated rings. The maximum Gasteiger partial charge on any atom is 0.193 e. The highest BCUT2D eigenvalue weighted by Crippen LogP contribution is 2.18. The number of carbonyl (C=O) groups is 1. The third kappa shape index (κ3) is 2.35. The van der Waals surface area contributed by atoms with Crippen molar-refractivity contribution in [1.82, 2.24) is 4.98 Å². The number of ketones is 1. The largest absolute Gasteiger partial charge is 0.387 e. The van der Waals surface area contributed by atoms with Crippen molar-refractivity contribution in [2.45, 2.75) is 26.9 Å². The van der Waals surface area contributed by atoms with Gasteiger partial charge in [-0.2, -0.15) is 0 Å². The molecule has 0 aliphatic carbocycles. The summed E-state index contributed by atoms with van der Waals surface area (Å²) in [5.74, 6) is 0.00454. The van der Waals surface area contributed by atoms with Crippen LogP contribution in [-0.2, 0) is 0 Å². The monoisotopic (exact) mass is 199 g/mol. The molecule has 0 spiro atoms. The fourth-order valence-corrected chi connectivity index (χ4v) is 1.83. The highest BCUT2D eigenvalue weighted by molar-refractivity contribution is 7.11. The summed E-state index contributed by atoms with van der Waals surface area (Å²) in [6.45, 7) is 5.32. The summed E-state index contributed by atoms with van der Waals surface area (Å²) in [6, 6.07) is 0. The summed E-state index contributed by atoms with van der Waals surface area (Å²) in [4.78, 5) is 15.5. The Morgan fingerprint density at radius 1 is 1.54 bits per heavy atom. The van der Waals surface area contributed by atoms with E-state index in [0.717, 1.165) is 0 Å². The van der Waals surface area contributed by atoms with Crippen molar-refractivity contribution < 1.29 is 9.90 Å². The molecule has 0 amide bonds. The number of carbonyl (C=O) groups excluding carboxylic acids is 1. The molecule has 0 aliphatic heterocycles. The second-order valence-corrected chi connectivity index (χ2v) is 4.13. The van der Waals surface area contributed by atoms with E-state index < -0.39 is 6.10 Å². The summed E-state index contributed by atoms with van der Waals surface area (Å²) in [6.07, 6.45) is -0.593. The average Bonchev–Trinajstić information content (AvgIpc) is 2.50. The number of Topliss-reactive ketones (excluding diaryl/α,β-unsaturated/α-hetero) is 1. The summed E-state index contributed by atoms with van der Waals surface area (Å²) >= 11 is 1.29.